The maximum atomic E-state index is 12.2. The third kappa shape index (κ3) is 3.00. The summed E-state index contributed by atoms with van der Waals surface area (Å²) in [6.07, 6.45) is 0. The van der Waals surface area contributed by atoms with Crippen molar-refractivity contribution in [1.29, 1.82) is 0 Å². The van der Waals surface area contributed by atoms with Gasteiger partial charge in [0.25, 0.3) is 0 Å². The van der Waals surface area contributed by atoms with Crippen molar-refractivity contribution in [2.24, 2.45) is 0 Å². The van der Waals surface area contributed by atoms with Crippen LogP contribution in [0.4, 0.5) is 11.4 Å². The number of nitrogens with one attached hydrogen (secondary N) is 1. The Labute approximate surface area is 121 Å². The lowest BCUT2D eigenvalue weighted by Gasteiger charge is -2.12. The average Bonchev–Trinajstić information content (AvgIpc) is 2.92. The minimum absolute atomic E-state index is 0.188. The topological polar surface area (TPSA) is 89.3 Å². The molecule has 1 aromatic carbocycles. The van der Waals surface area contributed by atoms with Crippen molar-refractivity contribution < 1.29 is 13.2 Å². The lowest BCUT2D eigenvalue weighted by atomic mass is 10.3. The molecule has 2 aromatic rings. The summed E-state index contributed by atoms with van der Waals surface area (Å²) < 4.78 is 24.6. The largest absolute Gasteiger partial charge is 0.399 e. The van der Waals surface area contributed by atoms with Crippen molar-refractivity contribution in [2.45, 2.75) is 16.4 Å². The van der Waals surface area contributed by atoms with E-state index in [1.165, 1.54) is 13.0 Å². The van der Waals surface area contributed by atoms with Gasteiger partial charge >= 0.3 is 0 Å². The fourth-order valence-corrected chi connectivity index (χ4v) is 4.14. The van der Waals surface area contributed by atoms with Gasteiger partial charge in [-0.05, 0) is 36.6 Å². The number of sulfone groups is 1. The number of carbonyl (C=O) groups excluding carboxylic acids is 1. The van der Waals surface area contributed by atoms with Gasteiger partial charge in [0.15, 0.2) is 9.84 Å². The molecule has 2 rings (SSSR count). The van der Waals surface area contributed by atoms with Crippen LogP contribution in [0.3, 0.4) is 0 Å². The zero-order valence-corrected chi connectivity index (χ0v) is 12.4. The highest BCUT2D eigenvalue weighted by Crippen LogP contribution is 2.22. The molecule has 1 aromatic heterocycles. The average molecular weight is 310 g/mol. The Morgan fingerprint density at radius 1 is 1.30 bits per heavy atom. The maximum absolute atomic E-state index is 12.2. The predicted molar refractivity (Wildman–Crippen MR) is 80.5 cm³/mol. The molecule has 0 aliphatic heterocycles. The summed E-state index contributed by atoms with van der Waals surface area (Å²) >= 11 is 1.10. The molecule has 5 nitrogen and oxygen atoms in total. The molecule has 20 heavy (non-hydrogen) atoms. The Morgan fingerprint density at radius 3 is 2.65 bits per heavy atom. The van der Waals surface area contributed by atoms with Gasteiger partial charge in [0.1, 0.15) is 9.46 Å². The van der Waals surface area contributed by atoms with Crippen LogP contribution in [0.5, 0.6) is 0 Å². The van der Waals surface area contributed by atoms with E-state index in [1.54, 1.807) is 35.7 Å². The van der Waals surface area contributed by atoms with E-state index in [9.17, 15) is 13.2 Å². The van der Waals surface area contributed by atoms with E-state index in [1.807, 2.05) is 0 Å². The van der Waals surface area contributed by atoms with E-state index in [2.05, 4.69) is 5.32 Å². The minimum atomic E-state index is -3.65. The van der Waals surface area contributed by atoms with Crippen molar-refractivity contribution in [1.82, 2.24) is 0 Å². The summed E-state index contributed by atoms with van der Waals surface area (Å²) in [5, 5.41) is 3.05. The van der Waals surface area contributed by atoms with Crippen LogP contribution >= 0.6 is 11.3 Å². The SMILES string of the molecule is CC(C(=O)Nc1cccc(N)c1)S(=O)(=O)c1cccs1. The lowest BCUT2D eigenvalue weighted by Crippen LogP contribution is -2.32. The molecular formula is C13H14N2O3S2. The molecule has 1 heterocycles. The molecule has 3 N–H and O–H groups in total. The van der Waals surface area contributed by atoms with E-state index < -0.39 is 21.0 Å². The van der Waals surface area contributed by atoms with Crippen LogP contribution in [-0.2, 0) is 14.6 Å². The molecule has 7 heteroatoms. The fourth-order valence-electron chi connectivity index (χ4n) is 1.60. The van der Waals surface area contributed by atoms with Gasteiger partial charge in [-0.25, -0.2) is 8.42 Å². The van der Waals surface area contributed by atoms with Crippen molar-refractivity contribution in [3.05, 3.63) is 41.8 Å². The second-order valence-corrected chi connectivity index (χ2v) is 7.68. The van der Waals surface area contributed by atoms with Gasteiger partial charge in [-0.3, -0.25) is 4.79 Å². The summed E-state index contributed by atoms with van der Waals surface area (Å²) in [4.78, 5) is 12.0. The van der Waals surface area contributed by atoms with Crippen LogP contribution in [0.15, 0.2) is 46.0 Å². The second kappa shape index (κ2) is 5.64. The number of anilines is 2. The number of nitrogen functional groups attached to an aromatic ring is 1. The summed E-state index contributed by atoms with van der Waals surface area (Å²) in [5.41, 5.74) is 6.58. The molecule has 1 unspecified atom stereocenters. The van der Waals surface area contributed by atoms with E-state index in [4.69, 9.17) is 5.73 Å². The van der Waals surface area contributed by atoms with Crippen LogP contribution in [0.2, 0.25) is 0 Å². The van der Waals surface area contributed by atoms with Crippen molar-refractivity contribution in [3.8, 4) is 0 Å². The normalized spacial score (nSPS) is 12.8. The molecular weight excluding hydrogens is 296 g/mol. The number of thiophene rings is 1. The molecule has 0 aliphatic rings. The Bertz CT molecular complexity index is 709. The number of carbonyl (C=O) groups is 1. The smallest absolute Gasteiger partial charge is 0.242 e. The van der Waals surface area contributed by atoms with Gasteiger partial charge in [0, 0.05) is 11.4 Å². The molecule has 0 saturated carbocycles. The van der Waals surface area contributed by atoms with Crippen LogP contribution < -0.4 is 11.1 Å². The van der Waals surface area contributed by atoms with E-state index >= 15 is 0 Å². The van der Waals surface area contributed by atoms with Crippen LogP contribution in [-0.4, -0.2) is 19.6 Å². The first-order valence-electron chi connectivity index (χ1n) is 5.85. The van der Waals surface area contributed by atoms with E-state index in [0.717, 1.165) is 11.3 Å². The minimum Gasteiger partial charge on any atom is -0.399 e. The van der Waals surface area contributed by atoms with E-state index in [0.29, 0.717) is 11.4 Å². The predicted octanol–water partition coefficient (Wildman–Crippen LogP) is 2.13. The second-order valence-electron chi connectivity index (χ2n) is 4.23. The van der Waals surface area contributed by atoms with Gasteiger partial charge in [-0.2, -0.15) is 0 Å². The fraction of sp³-hybridized carbons (Fsp3) is 0.154. The molecule has 0 aliphatic carbocycles. The number of rotatable bonds is 4. The highest BCUT2D eigenvalue weighted by molar-refractivity contribution is 7.94. The number of hydrogen-bond acceptors (Lipinski definition) is 5. The number of benzene rings is 1. The number of hydrogen-bond donors (Lipinski definition) is 2. The molecule has 0 bridgehead atoms. The van der Waals surface area contributed by atoms with Gasteiger partial charge in [0.2, 0.25) is 5.91 Å². The Balaban J connectivity index is 2.17. The molecule has 0 saturated heterocycles. The number of amides is 1. The third-order valence-corrected chi connectivity index (χ3v) is 6.25. The molecule has 0 spiro atoms. The monoisotopic (exact) mass is 310 g/mol. The Hall–Kier alpha value is -1.86. The zero-order chi connectivity index (χ0) is 14.8. The van der Waals surface area contributed by atoms with E-state index in [-0.39, 0.29) is 4.21 Å². The van der Waals surface area contributed by atoms with Crippen LogP contribution in [0, 0.1) is 0 Å². The molecule has 106 valence electrons. The summed E-state index contributed by atoms with van der Waals surface area (Å²) in [6.45, 7) is 1.37. The highest BCUT2D eigenvalue weighted by Gasteiger charge is 2.30. The highest BCUT2D eigenvalue weighted by atomic mass is 32.2. The standard InChI is InChI=1S/C13H14N2O3S2/c1-9(20(17,18)12-6-3-7-19-12)13(16)15-11-5-2-4-10(14)8-11/h2-9H,14H2,1H3,(H,15,16). The zero-order valence-electron chi connectivity index (χ0n) is 10.7. The first-order valence-corrected chi connectivity index (χ1v) is 8.27. The van der Waals surface area contributed by atoms with Gasteiger partial charge in [-0.15, -0.1) is 11.3 Å². The van der Waals surface area contributed by atoms with Crippen molar-refractivity contribution in [2.75, 3.05) is 11.1 Å². The van der Waals surface area contributed by atoms with Crippen molar-refractivity contribution in [3.63, 3.8) is 0 Å². The van der Waals surface area contributed by atoms with Gasteiger partial charge < -0.3 is 11.1 Å². The van der Waals surface area contributed by atoms with Crippen LogP contribution in [0.1, 0.15) is 6.92 Å². The van der Waals surface area contributed by atoms with Crippen LogP contribution in [0.25, 0.3) is 0 Å². The first kappa shape index (κ1) is 14.5. The Kier molecular flexibility index (Phi) is 4.10. The first-order chi connectivity index (χ1) is 9.41. The third-order valence-electron chi connectivity index (χ3n) is 2.76. The molecule has 0 fully saturated rings. The quantitative estimate of drug-likeness (QED) is 0.847. The summed E-state index contributed by atoms with van der Waals surface area (Å²) in [6, 6.07) is 9.72. The maximum Gasteiger partial charge on any atom is 0.242 e. The summed E-state index contributed by atoms with van der Waals surface area (Å²) in [5.74, 6) is -0.580. The molecule has 1 amide bonds. The Morgan fingerprint density at radius 2 is 2.05 bits per heavy atom. The summed E-state index contributed by atoms with van der Waals surface area (Å²) in [7, 11) is -3.65. The molecule has 0 radical (unpaired) electrons. The van der Waals surface area contributed by atoms with Gasteiger partial charge in [-0.1, -0.05) is 12.1 Å². The number of nitrogens with two attached hydrogens (primary N) is 1. The van der Waals surface area contributed by atoms with Gasteiger partial charge in [0.05, 0.1) is 0 Å². The molecule has 1 atom stereocenters. The lowest BCUT2D eigenvalue weighted by molar-refractivity contribution is -0.115. The van der Waals surface area contributed by atoms with Crippen molar-refractivity contribution >= 4 is 38.5 Å².